The average Bonchev–Trinajstić information content (AvgIpc) is 2.80. The van der Waals surface area contributed by atoms with E-state index in [2.05, 4.69) is 16.0 Å². The van der Waals surface area contributed by atoms with Gasteiger partial charge >= 0.3 is 5.97 Å². The van der Waals surface area contributed by atoms with Crippen LogP contribution < -0.4 is 16.0 Å². The molecule has 1 aromatic rings. The SMILES string of the molecule is CC(C)[C@@H]1NC(=O)CCCCCCCC(=O)N[C@@H](Cc2ccccc2)COC(=O)CCNC1=O. The number of cyclic esters (lactones) is 1. The third-order valence-electron chi connectivity index (χ3n) is 5.84. The summed E-state index contributed by atoms with van der Waals surface area (Å²) in [6, 6.07) is 8.79. The molecule has 3 amide bonds. The minimum Gasteiger partial charge on any atom is -0.463 e. The molecule has 0 bridgehead atoms. The van der Waals surface area contributed by atoms with E-state index in [0.29, 0.717) is 19.3 Å². The van der Waals surface area contributed by atoms with Crippen LogP contribution in [0.4, 0.5) is 0 Å². The topological polar surface area (TPSA) is 114 Å². The summed E-state index contributed by atoms with van der Waals surface area (Å²) in [4.78, 5) is 49.5. The van der Waals surface area contributed by atoms with Crippen molar-refractivity contribution in [2.75, 3.05) is 13.2 Å². The molecule has 0 saturated carbocycles. The highest BCUT2D eigenvalue weighted by atomic mass is 16.5. The predicted molar refractivity (Wildman–Crippen MR) is 130 cm³/mol. The number of ether oxygens (including phenoxy) is 1. The molecule has 3 N–H and O–H groups in total. The zero-order valence-corrected chi connectivity index (χ0v) is 20.4. The fourth-order valence-corrected chi connectivity index (χ4v) is 3.90. The highest BCUT2D eigenvalue weighted by Gasteiger charge is 2.24. The van der Waals surface area contributed by atoms with Crippen molar-refractivity contribution in [1.82, 2.24) is 16.0 Å². The van der Waals surface area contributed by atoms with Crippen molar-refractivity contribution < 1.29 is 23.9 Å². The molecule has 1 aliphatic rings. The molecule has 8 nitrogen and oxygen atoms in total. The first kappa shape index (κ1) is 27.3. The Morgan fingerprint density at radius 1 is 0.853 bits per heavy atom. The van der Waals surface area contributed by atoms with Gasteiger partial charge in [-0.2, -0.15) is 0 Å². The molecule has 34 heavy (non-hydrogen) atoms. The third kappa shape index (κ3) is 10.8. The number of carbonyl (C=O) groups is 4. The van der Waals surface area contributed by atoms with Gasteiger partial charge in [-0.25, -0.2) is 0 Å². The van der Waals surface area contributed by atoms with Gasteiger partial charge in [-0.3, -0.25) is 19.2 Å². The van der Waals surface area contributed by atoms with Crippen LogP contribution in [0.15, 0.2) is 30.3 Å². The lowest BCUT2D eigenvalue weighted by molar-refractivity contribution is -0.145. The Balaban J connectivity index is 1.99. The summed E-state index contributed by atoms with van der Waals surface area (Å²) in [7, 11) is 0. The Hall–Kier alpha value is -2.90. The quantitative estimate of drug-likeness (QED) is 0.584. The first-order chi connectivity index (χ1) is 16.3. The predicted octanol–water partition coefficient (Wildman–Crippen LogP) is 2.65. The maximum absolute atomic E-state index is 12.6. The number of esters is 1. The van der Waals surface area contributed by atoms with Gasteiger partial charge < -0.3 is 20.7 Å². The van der Waals surface area contributed by atoms with Crippen LogP contribution in [0, 0.1) is 5.92 Å². The number of hydrogen-bond acceptors (Lipinski definition) is 5. The second-order valence-electron chi connectivity index (χ2n) is 9.24. The molecule has 0 aromatic heterocycles. The van der Waals surface area contributed by atoms with Gasteiger partial charge in [-0.05, 0) is 30.7 Å². The van der Waals surface area contributed by atoms with Gasteiger partial charge in [-0.15, -0.1) is 0 Å². The Bertz CT molecular complexity index is 797. The Kier molecular flexibility index (Phi) is 12.1. The van der Waals surface area contributed by atoms with Crippen LogP contribution in [0.25, 0.3) is 0 Å². The molecule has 1 fully saturated rings. The monoisotopic (exact) mass is 473 g/mol. The largest absolute Gasteiger partial charge is 0.463 e. The maximum atomic E-state index is 12.6. The molecule has 0 spiro atoms. The summed E-state index contributed by atoms with van der Waals surface area (Å²) in [5.74, 6) is -1.03. The number of benzene rings is 1. The van der Waals surface area contributed by atoms with E-state index >= 15 is 0 Å². The number of rotatable bonds is 3. The summed E-state index contributed by atoms with van der Waals surface area (Å²) in [6.45, 7) is 3.93. The van der Waals surface area contributed by atoms with Crippen molar-refractivity contribution in [2.45, 2.75) is 83.7 Å². The zero-order valence-electron chi connectivity index (χ0n) is 20.4. The highest BCUT2D eigenvalue weighted by Crippen LogP contribution is 2.10. The van der Waals surface area contributed by atoms with E-state index in [9.17, 15) is 19.2 Å². The van der Waals surface area contributed by atoms with Gasteiger partial charge in [0, 0.05) is 19.4 Å². The summed E-state index contributed by atoms with van der Waals surface area (Å²) >= 11 is 0. The van der Waals surface area contributed by atoms with E-state index in [1.54, 1.807) is 0 Å². The number of amides is 3. The van der Waals surface area contributed by atoms with Crippen molar-refractivity contribution in [2.24, 2.45) is 5.92 Å². The first-order valence-corrected chi connectivity index (χ1v) is 12.4. The van der Waals surface area contributed by atoms with E-state index in [1.807, 2.05) is 44.2 Å². The minimum absolute atomic E-state index is 0.0104. The molecule has 8 heteroatoms. The second-order valence-corrected chi connectivity index (χ2v) is 9.24. The zero-order chi connectivity index (χ0) is 24.8. The fourth-order valence-electron chi connectivity index (χ4n) is 3.90. The highest BCUT2D eigenvalue weighted by molar-refractivity contribution is 5.88. The Morgan fingerprint density at radius 2 is 1.47 bits per heavy atom. The van der Waals surface area contributed by atoms with E-state index in [0.717, 1.165) is 37.7 Å². The van der Waals surface area contributed by atoms with Crippen molar-refractivity contribution in [3.05, 3.63) is 35.9 Å². The molecule has 1 heterocycles. The Labute approximate surface area is 202 Å². The second kappa shape index (κ2) is 15.1. The maximum Gasteiger partial charge on any atom is 0.307 e. The van der Waals surface area contributed by atoms with Crippen LogP contribution in [0.5, 0.6) is 0 Å². The normalized spacial score (nSPS) is 22.8. The molecule has 0 aliphatic carbocycles. The fraction of sp³-hybridized carbons (Fsp3) is 0.615. The minimum atomic E-state index is -0.639. The van der Waals surface area contributed by atoms with Gasteiger partial charge in [0.25, 0.3) is 0 Å². The Morgan fingerprint density at radius 3 is 2.12 bits per heavy atom. The molecular weight excluding hydrogens is 434 g/mol. The lowest BCUT2D eigenvalue weighted by Gasteiger charge is -2.22. The molecule has 188 valence electrons. The van der Waals surface area contributed by atoms with Crippen LogP contribution >= 0.6 is 0 Å². The molecule has 0 unspecified atom stereocenters. The first-order valence-electron chi connectivity index (χ1n) is 12.4. The van der Waals surface area contributed by atoms with Gasteiger partial charge in [0.1, 0.15) is 12.6 Å². The smallest absolute Gasteiger partial charge is 0.307 e. The van der Waals surface area contributed by atoms with E-state index in [-0.39, 0.29) is 49.3 Å². The van der Waals surface area contributed by atoms with E-state index < -0.39 is 12.0 Å². The summed E-state index contributed by atoms with van der Waals surface area (Å²) in [6.07, 6.45) is 5.63. The number of carbonyl (C=O) groups excluding carboxylic acids is 4. The van der Waals surface area contributed by atoms with Crippen LogP contribution in [0.1, 0.15) is 70.8 Å². The standard InChI is InChI=1S/C26H39N3O5/c1-19(2)25-26(33)27-16-15-24(32)34-18-21(17-20-11-7-6-8-12-20)28-22(30)13-9-4-3-5-10-14-23(31)29-25/h6-8,11-12,19,21,25H,3-5,9-10,13-18H2,1-2H3,(H,27,33)(H,28,30)(H,29,31)/t21-,25-/m0/s1. The van der Waals surface area contributed by atoms with Gasteiger partial charge in [0.15, 0.2) is 0 Å². The van der Waals surface area contributed by atoms with Gasteiger partial charge in [0.2, 0.25) is 17.7 Å². The molecule has 2 atom stereocenters. The van der Waals surface area contributed by atoms with Gasteiger partial charge in [-0.1, -0.05) is 63.4 Å². The van der Waals surface area contributed by atoms with E-state index in [4.69, 9.17) is 4.74 Å². The lowest BCUT2D eigenvalue weighted by atomic mass is 10.0. The molecular formula is C26H39N3O5. The molecule has 1 saturated heterocycles. The number of nitrogens with one attached hydrogen (secondary N) is 3. The van der Waals surface area contributed by atoms with Crippen LogP contribution in [-0.2, 0) is 30.3 Å². The number of hydrogen-bond donors (Lipinski definition) is 3. The van der Waals surface area contributed by atoms with Crippen LogP contribution in [-0.4, -0.2) is 48.9 Å². The molecule has 0 radical (unpaired) electrons. The average molecular weight is 474 g/mol. The van der Waals surface area contributed by atoms with Crippen molar-refractivity contribution in [3.63, 3.8) is 0 Å². The van der Waals surface area contributed by atoms with E-state index in [1.165, 1.54) is 0 Å². The molecule has 1 aromatic carbocycles. The summed E-state index contributed by atoms with van der Waals surface area (Å²) in [5, 5.41) is 8.54. The van der Waals surface area contributed by atoms with Crippen molar-refractivity contribution in [1.29, 1.82) is 0 Å². The van der Waals surface area contributed by atoms with Gasteiger partial charge in [0.05, 0.1) is 12.5 Å². The third-order valence-corrected chi connectivity index (χ3v) is 5.84. The van der Waals surface area contributed by atoms with Crippen molar-refractivity contribution in [3.8, 4) is 0 Å². The summed E-state index contributed by atoms with van der Waals surface area (Å²) < 4.78 is 5.41. The molecule has 1 aliphatic heterocycles. The lowest BCUT2D eigenvalue weighted by Crippen LogP contribution is -2.50. The molecule has 2 rings (SSSR count). The van der Waals surface area contributed by atoms with Crippen molar-refractivity contribution >= 4 is 23.7 Å². The van der Waals surface area contributed by atoms with Crippen LogP contribution in [0.3, 0.4) is 0 Å². The summed E-state index contributed by atoms with van der Waals surface area (Å²) in [5.41, 5.74) is 1.05. The van der Waals surface area contributed by atoms with Crippen LogP contribution in [0.2, 0.25) is 0 Å².